The summed E-state index contributed by atoms with van der Waals surface area (Å²) in [6, 6.07) is 4.16. The molecule has 8 heteroatoms. The quantitative estimate of drug-likeness (QED) is 0.480. The third kappa shape index (κ3) is 3.67. The molecular weight excluding hydrogens is 332 g/mol. The number of hydrogen-bond donors (Lipinski definition) is 1. The van der Waals surface area contributed by atoms with Gasteiger partial charge in [0.25, 0.3) is 5.69 Å². The zero-order valence-corrected chi connectivity index (χ0v) is 12.9. The maximum atomic E-state index is 11.7. The van der Waals surface area contributed by atoms with Crippen LogP contribution in [0.15, 0.2) is 22.7 Å². The van der Waals surface area contributed by atoms with Gasteiger partial charge in [-0.25, -0.2) is 4.79 Å². The summed E-state index contributed by atoms with van der Waals surface area (Å²) >= 11 is 3.24. The van der Waals surface area contributed by atoms with E-state index in [1.165, 1.54) is 25.3 Å². The molecule has 1 rings (SSSR count). The normalized spacial score (nSPS) is 13.4. The largest absolute Gasteiger partial charge is 0.490 e. The number of benzene rings is 1. The number of halogens is 1. The van der Waals surface area contributed by atoms with E-state index >= 15 is 0 Å². The highest BCUT2D eigenvalue weighted by molar-refractivity contribution is 9.10. The van der Waals surface area contributed by atoms with Gasteiger partial charge in [-0.3, -0.25) is 10.1 Å². The number of esters is 1. The summed E-state index contributed by atoms with van der Waals surface area (Å²) in [7, 11) is 2.88. The number of methoxy groups -OCH3 is 1. The molecular formula is C12H15BrN2O5. The third-order valence-electron chi connectivity index (χ3n) is 2.83. The van der Waals surface area contributed by atoms with E-state index in [4.69, 9.17) is 4.74 Å². The summed E-state index contributed by atoms with van der Waals surface area (Å²) in [6.07, 6.45) is 0. The second-order valence-corrected chi connectivity index (χ2v) is 5.09. The molecule has 0 aliphatic carbocycles. The van der Waals surface area contributed by atoms with Crippen LogP contribution in [0, 0.1) is 10.1 Å². The molecule has 0 radical (unpaired) electrons. The summed E-state index contributed by atoms with van der Waals surface area (Å²) in [5, 5.41) is 13.5. The minimum absolute atomic E-state index is 0.0318. The van der Waals surface area contributed by atoms with Crippen LogP contribution in [0.1, 0.15) is 6.92 Å². The van der Waals surface area contributed by atoms with Crippen LogP contribution in [-0.4, -0.2) is 37.2 Å². The third-order valence-corrected chi connectivity index (χ3v) is 3.48. The van der Waals surface area contributed by atoms with Gasteiger partial charge in [0.1, 0.15) is 17.9 Å². The monoisotopic (exact) mass is 346 g/mol. The maximum Gasteiger partial charge on any atom is 0.329 e. The smallest absolute Gasteiger partial charge is 0.329 e. The SMILES string of the molecule is CNC(C)(COc1cc([N+](=O)[O-])ccc1Br)C(=O)OC. The zero-order chi connectivity index (χ0) is 15.3. The molecule has 110 valence electrons. The summed E-state index contributed by atoms with van der Waals surface area (Å²) in [5.74, 6) is -0.203. The fourth-order valence-electron chi connectivity index (χ4n) is 1.40. The topological polar surface area (TPSA) is 90.7 Å². The molecule has 1 atom stereocenters. The number of carbonyl (C=O) groups excluding carboxylic acids is 1. The minimum atomic E-state index is -1.04. The van der Waals surface area contributed by atoms with Crippen molar-refractivity contribution < 1.29 is 19.2 Å². The van der Waals surface area contributed by atoms with Crippen LogP contribution < -0.4 is 10.1 Å². The molecule has 0 saturated carbocycles. The fraction of sp³-hybridized carbons (Fsp3) is 0.417. The van der Waals surface area contributed by atoms with E-state index in [0.717, 1.165) is 0 Å². The van der Waals surface area contributed by atoms with E-state index in [-0.39, 0.29) is 18.0 Å². The van der Waals surface area contributed by atoms with Crippen LogP contribution in [0.4, 0.5) is 5.69 Å². The molecule has 0 aromatic heterocycles. The highest BCUT2D eigenvalue weighted by atomic mass is 79.9. The van der Waals surface area contributed by atoms with Crippen LogP contribution >= 0.6 is 15.9 Å². The summed E-state index contributed by atoms with van der Waals surface area (Å²) in [6.45, 7) is 1.58. The lowest BCUT2D eigenvalue weighted by molar-refractivity contribution is -0.385. The van der Waals surface area contributed by atoms with Crippen molar-refractivity contribution in [3.8, 4) is 5.75 Å². The molecule has 20 heavy (non-hydrogen) atoms. The van der Waals surface area contributed by atoms with Gasteiger partial charge in [-0.1, -0.05) is 0 Å². The molecule has 0 fully saturated rings. The molecule has 1 N–H and O–H groups in total. The Morgan fingerprint density at radius 3 is 2.70 bits per heavy atom. The number of nitrogens with one attached hydrogen (secondary N) is 1. The van der Waals surface area contributed by atoms with E-state index in [9.17, 15) is 14.9 Å². The van der Waals surface area contributed by atoms with Crippen LogP contribution in [0.3, 0.4) is 0 Å². The van der Waals surface area contributed by atoms with Crippen LogP contribution in [0.25, 0.3) is 0 Å². The molecule has 0 amide bonds. The second kappa shape index (κ2) is 6.67. The molecule has 0 aliphatic rings. The van der Waals surface area contributed by atoms with Gasteiger partial charge < -0.3 is 14.8 Å². The fourth-order valence-corrected chi connectivity index (χ4v) is 1.76. The number of rotatable bonds is 6. The van der Waals surface area contributed by atoms with E-state index in [2.05, 4.69) is 26.0 Å². The van der Waals surface area contributed by atoms with Crippen molar-refractivity contribution in [2.24, 2.45) is 0 Å². The molecule has 0 aliphatic heterocycles. The lowest BCUT2D eigenvalue weighted by Gasteiger charge is -2.26. The Morgan fingerprint density at radius 1 is 1.55 bits per heavy atom. The Hall–Kier alpha value is -1.67. The molecule has 7 nitrogen and oxygen atoms in total. The van der Waals surface area contributed by atoms with Crippen LogP contribution in [0.2, 0.25) is 0 Å². The molecule has 1 aromatic carbocycles. The van der Waals surface area contributed by atoms with Crippen LogP contribution in [-0.2, 0) is 9.53 Å². The number of nitrogens with zero attached hydrogens (tertiary/aromatic N) is 1. The Kier molecular flexibility index (Phi) is 5.46. The summed E-state index contributed by atoms with van der Waals surface area (Å²) in [5.41, 5.74) is -1.13. The Labute approximate surface area is 124 Å². The minimum Gasteiger partial charge on any atom is -0.490 e. The molecule has 0 bridgehead atoms. The number of nitro benzene ring substituents is 1. The van der Waals surface area contributed by atoms with E-state index < -0.39 is 16.4 Å². The molecule has 0 heterocycles. The van der Waals surface area contributed by atoms with Crippen molar-refractivity contribution in [1.82, 2.24) is 5.32 Å². The predicted octanol–water partition coefficient (Wildman–Crippen LogP) is 1.89. The first-order valence-electron chi connectivity index (χ1n) is 5.68. The first kappa shape index (κ1) is 16.4. The van der Waals surface area contributed by atoms with Crippen molar-refractivity contribution in [2.45, 2.75) is 12.5 Å². The lowest BCUT2D eigenvalue weighted by atomic mass is 10.1. The van der Waals surface area contributed by atoms with Gasteiger partial charge in [-0.05, 0) is 36.0 Å². The van der Waals surface area contributed by atoms with Crippen molar-refractivity contribution in [3.05, 3.63) is 32.8 Å². The van der Waals surface area contributed by atoms with Gasteiger partial charge in [0.15, 0.2) is 0 Å². The number of non-ortho nitro benzene ring substituents is 1. The van der Waals surface area contributed by atoms with Crippen molar-refractivity contribution in [1.29, 1.82) is 0 Å². The maximum absolute atomic E-state index is 11.7. The first-order valence-corrected chi connectivity index (χ1v) is 6.47. The number of carbonyl (C=O) groups is 1. The molecule has 0 spiro atoms. The Balaban J connectivity index is 2.91. The molecule has 1 unspecified atom stereocenters. The highest BCUT2D eigenvalue weighted by Gasteiger charge is 2.34. The number of nitro groups is 1. The van der Waals surface area contributed by atoms with E-state index in [0.29, 0.717) is 4.47 Å². The Bertz CT molecular complexity index is 523. The van der Waals surface area contributed by atoms with Gasteiger partial charge in [0, 0.05) is 6.07 Å². The van der Waals surface area contributed by atoms with Gasteiger partial charge in [0.2, 0.25) is 0 Å². The van der Waals surface area contributed by atoms with Crippen molar-refractivity contribution in [3.63, 3.8) is 0 Å². The second-order valence-electron chi connectivity index (χ2n) is 4.23. The standard InChI is InChI=1S/C12H15BrN2O5/c1-12(14-2,11(16)19-3)7-20-10-6-8(15(17)18)4-5-9(10)13/h4-6,14H,7H2,1-3H3. The van der Waals surface area contributed by atoms with E-state index in [1.54, 1.807) is 14.0 Å². The Morgan fingerprint density at radius 2 is 2.20 bits per heavy atom. The number of ether oxygens (including phenoxy) is 2. The van der Waals surface area contributed by atoms with Crippen molar-refractivity contribution >= 4 is 27.6 Å². The average Bonchev–Trinajstić information content (AvgIpc) is 2.44. The number of likely N-dealkylation sites (N-methyl/N-ethyl adjacent to an activating group) is 1. The average molecular weight is 347 g/mol. The van der Waals surface area contributed by atoms with Gasteiger partial charge in [-0.15, -0.1) is 0 Å². The van der Waals surface area contributed by atoms with Gasteiger partial charge >= 0.3 is 5.97 Å². The highest BCUT2D eigenvalue weighted by Crippen LogP contribution is 2.29. The van der Waals surface area contributed by atoms with Crippen molar-refractivity contribution in [2.75, 3.05) is 20.8 Å². The first-order chi connectivity index (χ1) is 9.34. The van der Waals surface area contributed by atoms with Crippen LogP contribution in [0.5, 0.6) is 5.75 Å². The molecule has 1 aromatic rings. The van der Waals surface area contributed by atoms with E-state index in [1.807, 2.05) is 0 Å². The molecule has 0 saturated heterocycles. The van der Waals surface area contributed by atoms with Gasteiger partial charge in [-0.2, -0.15) is 0 Å². The summed E-state index contributed by atoms with van der Waals surface area (Å²) in [4.78, 5) is 21.9. The summed E-state index contributed by atoms with van der Waals surface area (Å²) < 4.78 is 10.7. The van der Waals surface area contributed by atoms with Gasteiger partial charge in [0.05, 0.1) is 22.6 Å². The zero-order valence-electron chi connectivity index (χ0n) is 11.3. The number of hydrogen-bond acceptors (Lipinski definition) is 6. The predicted molar refractivity (Wildman–Crippen MR) is 75.8 cm³/mol. The lowest BCUT2D eigenvalue weighted by Crippen LogP contribution is -2.52.